The van der Waals surface area contributed by atoms with Crippen LogP contribution in [-0.2, 0) is 27.2 Å². The average molecular weight is 618 g/mol. The first-order chi connectivity index (χ1) is 21.0. The molecule has 1 fully saturated rings. The zero-order valence-corrected chi connectivity index (χ0v) is 25.9. The summed E-state index contributed by atoms with van der Waals surface area (Å²) in [6.07, 6.45) is -1.79. The van der Waals surface area contributed by atoms with Crippen LogP contribution in [0.2, 0.25) is 0 Å². The summed E-state index contributed by atoms with van der Waals surface area (Å²) in [5.74, 6) is -0.791. The van der Waals surface area contributed by atoms with Gasteiger partial charge in [0.15, 0.2) is 12.7 Å². The van der Waals surface area contributed by atoms with Crippen LogP contribution in [-0.4, -0.2) is 74.4 Å². The minimum absolute atomic E-state index is 0.188. The summed E-state index contributed by atoms with van der Waals surface area (Å²) < 4.78 is 5.03. The number of para-hydroxylation sites is 1. The van der Waals surface area contributed by atoms with Crippen LogP contribution in [0.4, 0.5) is 0 Å². The van der Waals surface area contributed by atoms with Gasteiger partial charge in [-0.3, -0.25) is 14.4 Å². The summed E-state index contributed by atoms with van der Waals surface area (Å²) >= 11 is 1.43. The Morgan fingerprint density at radius 3 is 2.45 bits per heavy atom. The van der Waals surface area contributed by atoms with E-state index < -0.39 is 52.8 Å². The Hall–Kier alpha value is -3.86. The van der Waals surface area contributed by atoms with Gasteiger partial charge in [-0.05, 0) is 55.5 Å². The van der Waals surface area contributed by atoms with Gasteiger partial charge < -0.3 is 30.5 Å². The Morgan fingerprint density at radius 1 is 1.02 bits per heavy atom. The third kappa shape index (κ3) is 6.93. The topological polar surface area (TPSA) is 128 Å². The number of hydrogen-bond donors (Lipinski definition) is 4. The summed E-state index contributed by atoms with van der Waals surface area (Å²) in [7, 11) is 0. The Bertz CT molecular complexity index is 1500. The molecule has 1 heterocycles. The fourth-order valence-corrected chi connectivity index (χ4v) is 7.09. The molecule has 1 aliphatic carbocycles. The molecule has 3 aromatic carbocycles. The smallest absolute Gasteiger partial charge is 0.258 e. The highest BCUT2D eigenvalue weighted by atomic mass is 32.2. The highest BCUT2D eigenvalue weighted by Crippen LogP contribution is 2.41. The maximum absolute atomic E-state index is 13.9. The Kier molecular flexibility index (Phi) is 9.62. The van der Waals surface area contributed by atoms with E-state index in [-0.39, 0.29) is 18.9 Å². The van der Waals surface area contributed by atoms with Crippen molar-refractivity contribution in [2.45, 2.75) is 68.7 Å². The summed E-state index contributed by atoms with van der Waals surface area (Å²) in [4.78, 5) is 42.1. The molecule has 9 nitrogen and oxygen atoms in total. The molecular formula is C34H39N3O6S. The van der Waals surface area contributed by atoms with Crippen LogP contribution in [0.25, 0.3) is 0 Å². The zero-order chi connectivity index (χ0) is 31.4. The second-order valence-corrected chi connectivity index (χ2v) is 13.5. The maximum atomic E-state index is 13.9. The summed E-state index contributed by atoms with van der Waals surface area (Å²) in [5, 5.41) is 28.0. The van der Waals surface area contributed by atoms with Crippen LogP contribution in [0, 0.1) is 6.92 Å². The SMILES string of the molecule is Cc1ccccc1OCC(=O)NC(Cc1ccccc1)C(O)C(=O)N1CSC(C)(C)C1C(=O)NC1c2ccccc2CC1O. The number of carbonyl (C=O) groups is 3. The first kappa shape index (κ1) is 31.6. The largest absolute Gasteiger partial charge is 0.484 e. The van der Waals surface area contributed by atoms with Crippen molar-refractivity contribution in [3.63, 3.8) is 0 Å². The van der Waals surface area contributed by atoms with Gasteiger partial charge in [0.1, 0.15) is 11.8 Å². The van der Waals surface area contributed by atoms with E-state index in [2.05, 4.69) is 10.6 Å². The van der Waals surface area contributed by atoms with Gasteiger partial charge in [-0.15, -0.1) is 11.8 Å². The van der Waals surface area contributed by atoms with Crippen LogP contribution < -0.4 is 15.4 Å². The van der Waals surface area contributed by atoms with Crippen LogP contribution >= 0.6 is 11.8 Å². The average Bonchev–Trinajstić information content (AvgIpc) is 3.50. The van der Waals surface area contributed by atoms with Crippen LogP contribution in [0.5, 0.6) is 5.75 Å². The lowest BCUT2D eigenvalue weighted by molar-refractivity contribution is -0.148. The number of fused-ring (bicyclic) bond motifs is 1. The van der Waals surface area contributed by atoms with Gasteiger partial charge in [-0.2, -0.15) is 0 Å². The lowest BCUT2D eigenvalue weighted by Crippen LogP contribution is -2.59. The normalized spacial score (nSPS) is 21.7. The number of rotatable bonds is 10. The van der Waals surface area contributed by atoms with Crippen molar-refractivity contribution in [3.05, 3.63) is 101 Å². The Labute approximate surface area is 262 Å². The monoisotopic (exact) mass is 617 g/mol. The molecule has 5 unspecified atom stereocenters. The highest BCUT2D eigenvalue weighted by Gasteiger charge is 2.50. The molecule has 10 heteroatoms. The number of aliphatic hydroxyl groups excluding tert-OH is 2. The molecule has 5 atom stereocenters. The fraction of sp³-hybridized carbons (Fsp3) is 0.382. The van der Waals surface area contributed by atoms with E-state index in [0.717, 1.165) is 22.3 Å². The van der Waals surface area contributed by atoms with E-state index in [1.54, 1.807) is 6.07 Å². The molecule has 0 saturated carbocycles. The molecule has 0 spiro atoms. The minimum atomic E-state index is -1.62. The molecular weight excluding hydrogens is 578 g/mol. The second kappa shape index (κ2) is 13.4. The Morgan fingerprint density at radius 2 is 1.70 bits per heavy atom. The molecule has 3 amide bonds. The number of nitrogens with one attached hydrogen (secondary N) is 2. The van der Waals surface area contributed by atoms with Crippen molar-refractivity contribution in [3.8, 4) is 5.75 Å². The third-order valence-corrected chi connectivity index (χ3v) is 9.68. The van der Waals surface area contributed by atoms with Crippen molar-refractivity contribution in [1.29, 1.82) is 0 Å². The van der Waals surface area contributed by atoms with E-state index in [4.69, 9.17) is 4.74 Å². The van der Waals surface area contributed by atoms with Crippen molar-refractivity contribution >= 4 is 29.5 Å². The van der Waals surface area contributed by atoms with Gasteiger partial charge in [0, 0.05) is 11.2 Å². The predicted octanol–water partition coefficient (Wildman–Crippen LogP) is 2.92. The lowest BCUT2D eigenvalue weighted by atomic mass is 9.96. The third-order valence-electron chi connectivity index (χ3n) is 8.31. The summed E-state index contributed by atoms with van der Waals surface area (Å²) in [5.41, 5.74) is 3.53. The number of amides is 3. The maximum Gasteiger partial charge on any atom is 0.258 e. The second-order valence-electron chi connectivity index (χ2n) is 11.9. The number of aliphatic hydroxyl groups is 2. The molecule has 5 rings (SSSR count). The number of aryl methyl sites for hydroxylation is 1. The van der Waals surface area contributed by atoms with E-state index >= 15 is 0 Å². The standard InChI is InChI=1S/C34H39N3O6S/c1-21-11-7-10-16-27(21)43-19-28(39)35-25(17-22-12-5-4-6-13-22)30(40)33(42)37-20-44-34(2,3)31(37)32(41)36-29-24-15-9-8-14-23(24)18-26(29)38/h4-16,25-26,29-31,38,40H,17-20H2,1-3H3,(H,35,39)(H,36,41). The summed E-state index contributed by atoms with van der Waals surface area (Å²) in [6.45, 7) is 5.35. The quantitative estimate of drug-likeness (QED) is 0.276. The van der Waals surface area contributed by atoms with Crippen molar-refractivity contribution < 1.29 is 29.3 Å². The molecule has 3 aromatic rings. The first-order valence-corrected chi connectivity index (χ1v) is 15.7. The van der Waals surface area contributed by atoms with E-state index in [9.17, 15) is 24.6 Å². The van der Waals surface area contributed by atoms with Gasteiger partial charge in [0.25, 0.3) is 11.8 Å². The van der Waals surface area contributed by atoms with E-state index in [1.807, 2.05) is 93.6 Å². The van der Waals surface area contributed by atoms with Crippen LogP contribution in [0.1, 0.15) is 42.1 Å². The lowest BCUT2D eigenvalue weighted by Gasteiger charge is -2.34. The molecule has 0 radical (unpaired) electrons. The van der Waals surface area contributed by atoms with Gasteiger partial charge >= 0.3 is 0 Å². The van der Waals surface area contributed by atoms with Crippen molar-refractivity contribution in [2.75, 3.05) is 12.5 Å². The van der Waals surface area contributed by atoms with E-state index in [1.165, 1.54) is 16.7 Å². The van der Waals surface area contributed by atoms with E-state index in [0.29, 0.717) is 12.2 Å². The Balaban J connectivity index is 1.32. The predicted molar refractivity (Wildman–Crippen MR) is 169 cm³/mol. The van der Waals surface area contributed by atoms with Gasteiger partial charge in [0.05, 0.1) is 24.1 Å². The van der Waals surface area contributed by atoms with Crippen LogP contribution in [0.3, 0.4) is 0 Å². The molecule has 4 N–H and O–H groups in total. The first-order valence-electron chi connectivity index (χ1n) is 14.8. The van der Waals surface area contributed by atoms with Crippen molar-refractivity contribution in [1.82, 2.24) is 15.5 Å². The molecule has 232 valence electrons. The number of benzene rings is 3. The fourth-order valence-electron chi connectivity index (χ4n) is 5.95. The zero-order valence-electron chi connectivity index (χ0n) is 25.1. The number of thioether (sulfide) groups is 1. The number of nitrogens with zero attached hydrogens (tertiary/aromatic N) is 1. The molecule has 1 aliphatic heterocycles. The van der Waals surface area contributed by atoms with Gasteiger partial charge in [0.2, 0.25) is 5.91 Å². The number of ether oxygens (including phenoxy) is 1. The molecule has 2 aliphatic rings. The number of carbonyl (C=O) groups excluding carboxylic acids is 3. The summed E-state index contributed by atoms with van der Waals surface area (Å²) in [6, 6.07) is 21.7. The van der Waals surface area contributed by atoms with Gasteiger partial charge in [-0.25, -0.2) is 0 Å². The van der Waals surface area contributed by atoms with Crippen LogP contribution in [0.15, 0.2) is 78.9 Å². The molecule has 0 bridgehead atoms. The molecule has 0 aromatic heterocycles. The molecule has 1 saturated heterocycles. The highest BCUT2D eigenvalue weighted by molar-refractivity contribution is 8.00. The van der Waals surface area contributed by atoms with Crippen molar-refractivity contribution in [2.24, 2.45) is 0 Å². The molecule has 44 heavy (non-hydrogen) atoms. The minimum Gasteiger partial charge on any atom is -0.484 e. The van der Waals surface area contributed by atoms with Gasteiger partial charge in [-0.1, -0.05) is 72.8 Å². The number of hydrogen-bond acceptors (Lipinski definition) is 7.